The summed E-state index contributed by atoms with van der Waals surface area (Å²) < 4.78 is 23.2. The van der Waals surface area contributed by atoms with Crippen LogP contribution in [0.3, 0.4) is 0 Å². The van der Waals surface area contributed by atoms with Crippen molar-refractivity contribution in [2.24, 2.45) is 0 Å². The Morgan fingerprint density at radius 3 is 2.41 bits per heavy atom. The lowest BCUT2D eigenvalue weighted by Crippen LogP contribution is -2.28. The van der Waals surface area contributed by atoms with E-state index >= 15 is 0 Å². The Morgan fingerprint density at radius 2 is 1.94 bits per heavy atom. The second-order valence-electron chi connectivity index (χ2n) is 4.54. The van der Waals surface area contributed by atoms with Gasteiger partial charge in [-0.15, -0.1) is 11.3 Å². The number of rotatable bonds is 6. The fourth-order valence-corrected chi connectivity index (χ4v) is 3.22. The first-order chi connectivity index (χ1) is 7.83. The van der Waals surface area contributed by atoms with Gasteiger partial charge in [0, 0.05) is 22.3 Å². The monoisotopic (exact) mass is 275 g/mol. The lowest BCUT2D eigenvalue weighted by Gasteiger charge is -2.13. The lowest BCUT2D eigenvalue weighted by atomic mass is 10.3. The van der Waals surface area contributed by atoms with E-state index in [0.29, 0.717) is 6.54 Å². The predicted octanol–water partition coefficient (Wildman–Crippen LogP) is 2.53. The molecule has 0 fully saturated rings. The molecule has 1 heterocycles. The number of nitrogens with one attached hydrogen (secondary N) is 1. The summed E-state index contributed by atoms with van der Waals surface area (Å²) in [5, 5.41) is 2.97. The Bertz CT molecular complexity index is 449. The fraction of sp³-hybridized carbons (Fsp3) is 0.667. The van der Waals surface area contributed by atoms with E-state index in [9.17, 15) is 8.42 Å². The standard InChI is InChI=1S/C12H21NO2S2/c1-9(2)17(14,15)8-7-13-11(4)12-6-5-10(3)16-12/h5-6,9,11,13H,7-8H2,1-4H3. The maximum Gasteiger partial charge on any atom is 0.153 e. The smallest absolute Gasteiger partial charge is 0.153 e. The average molecular weight is 275 g/mol. The van der Waals surface area contributed by atoms with E-state index in [-0.39, 0.29) is 17.0 Å². The van der Waals surface area contributed by atoms with Crippen molar-refractivity contribution in [3.8, 4) is 0 Å². The van der Waals surface area contributed by atoms with Gasteiger partial charge < -0.3 is 5.32 Å². The molecular weight excluding hydrogens is 254 g/mol. The number of thiophene rings is 1. The summed E-state index contributed by atoms with van der Waals surface area (Å²) in [5.74, 6) is 0.208. The molecule has 0 saturated carbocycles. The molecule has 1 unspecified atom stereocenters. The highest BCUT2D eigenvalue weighted by molar-refractivity contribution is 7.92. The maximum absolute atomic E-state index is 11.6. The Kier molecular flexibility index (Phi) is 5.16. The molecule has 0 radical (unpaired) electrons. The molecule has 0 spiro atoms. The molecule has 0 aromatic carbocycles. The molecule has 1 aromatic heterocycles. The molecule has 1 rings (SSSR count). The van der Waals surface area contributed by atoms with Gasteiger partial charge in [-0.25, -0.2) is 8.42 Å². The van der Waals surface area contributed by atoms with Crippen LogP contribution in [0, 0.1) is 6.92 Å². The van der Waals surface area contributed by atoms with E-state index < -0.39 is 9.84 Å². The van der Waals surface area contributed by atoms with Crippen LogP contribution < -0.4 is 5.32 Å². The van der Waals surface area contributed by atoms with Gasteiger partial charge in [-0.2, -0.15) is 0 Å². The highest BCUT2D eigenvalue weighted by Gasteiger charge is 2.16. The Hall–Kier alpha value is -0.390. The Morgan fingerprint density at radius 1 is 1.29 bits per heavy atom. The quantitative estimate of drug-likeness (QED) is 0.868. The molecule has 1 aromatic rings. The average Bonchev–Trinajstić information content (AvgIpc) is 2.64. The summed E-state index contributed by atoms with van der Waals surface area (Å²) >= 11 is 1.75. The van der Waals surface area contributed by atoms with Crippen LogP contribution in [0.4, 0.5) is 0 Å². The van der Waals surface area contributed by atoms with Crippen LogP contribution in [0.2, 0.25) is 0 Å². The van der Waals surface area contributed by atoms with E-state index in [1.54, 1.807) is 25.2 Å². The van der Waals surface area contributed by atoms with Crippen molar-refractivity contribution >= 4 is 21.2 Å². The molecule has 0 aliphatic heterocycles. The van der Waals surface area contributed by atoms with Crippen molar-refractivity contribution in [3.05, 3.63) is 21.9 Å². The molecule has 1 N–H and O–H groups in total. The third kappa shape index (κ3) is 4.41. The molecule has 0 aliphatic rings. The van der Waals surface area contributed by atoms with E-state index in [0.717, 1.165) is 0 Å². The zero-order valence-corrected chi connectivity index (χ0v) is 12.5. The Balaban J connectivity index is 2.42. The SMILES string of the molecule is Cc1ccc(C(C)NCCS(=O)(=O)C(C)C)s1. The predicted molar refractivity (Wildman–Crippen MR) is 74.4 cm³/mol. The Labute approximate surface area is 108 Å². The van der Waals surface area contributed by atoms with Gasteiger partial charge in [0.2, 0.25) is 0 Å². The van der Waals surface area contributed by atoms with Crippen LogP contribution in [-0.2, 0) is 9.84 Å². The lowest BCUT2D eigenvalue weighted by molar-refractivity contribution is 0.569. The van der Waals surface area contributed by atoms with Crippen LogP contribution in [0.15, 0.2) is 12.1 Å². The van der Waals surface area contributed by atoms with Crippen LogP contribution >= 0.6 is 11.3 Å². The first-order valence-corrected chi connectivity index (χ1v) is 8.37. The van der Waals surface area contributed by atoms with Gasteiger partial charge in [-0.05, 0) is 39.8 Å². The van der Waals surface area contributed by atoms with E-state index in [1.807, 2.05) is 0 Å². The van der Waals surface area contributed by atoms with Crippen LogP contribution in [-0.4, -0.2) is 26.0 Å². The zero-order chi connectivity index (χ0) is 13.1. The number of hydrogen-bond acceptors (Lipinski definition) is 4. The van der Waals surface area contributed by atoms with Crippen molar-refractivity contribution in [1.82, 2.24) is 5.32 Å². The second-order valence-corrected chi connectivity index (χ2v) is 8.54. The third-order valence-electron chi connectivity index (χ3n) is 2.74. The first-order valence-electron chi connectivity index (χ1n) is 5.84. The van der Waals surface area contributed by atoms with Gasteiger partial charge >= 0.3 is 0 Å². The van der Waals surface area contributed by atoms with Gasteiger partial charge in [-0.1, -0.05) is 0 Å². The minimum absolute atomic E-state index is 0.208. The van der Waals surface area contributed by atoms with Gasteiger partial charge in [-0.3, -0.25) is 0 Å². The third-order valence-corrected chi connectivity index (χ3v) is 6.14. The summed E-state index contributed by atoms with van der Waals surface area (Å²) in [6, 6.07) is 4.40. The number of sulfone groups is 1. The molecule has 17 heavy (non-hydrogen) atoms. The van der Waals surface area contributed by atoms with Crippen molar-refractivity contribution in [2.45, 2.75) is 39.0 Å². The topological polar surface area (TPSA) is 46.2 Å². The highest BCUT2D eigenvalue weighted by atomic mass is 32.2. The number of hydrogen-bond donors (Lipinski definition) is 1. The molecule has 98 valence electrons. The molecule has 0 aliphatic carbocycles. The summed E-state index contributed by atoms with van der Waals surface area (Å²) in [4.78, 5) is 2.54. The molecular formula is C12H21NO2S2. The van der Waals surface area contributed by atoms with Gasteiger partial charge in [0.25, 0.3) is 0 Å². The number of aryl methyl sites for hydroxylation is 1. The second kappa shape index (κ2) is 5.98. The summed E-state index contributed by atoms with van der Waals surface area (Å²) in [6.45, 7) is 8.10. The minimum Gasteiger partial charge on any atom is -0.308 e. The molecule has 3 nitrogen and oxygen atoms in total. The van der Waals surface area contributed by atoms with Gasteiger partial charge in [0.05, 0.1) is 11.0 Å². The summed E-state index contributed by atoms with van der Waals surface area (Å²) in [7, 11) is -2.93. The van der Waals surface area contributed by atoms with Crippen LogP contribution in [0.25, 0.3) is 0 Å². The molecule has 0 saturated heterocycles. The van der Waals surface area contributed by atoms with Crippen molar-refractivity contribution < 1.29 is 8.42 Å². The summed E-state index contributed by atoms with van der Waals surface area (Å²) in [5.41, 5.74) is 0. The van der Waals surface area contributed by atoms with E-state index in [1.165, 1.54) is 9.75 Å². The van der Waals surface area contributed by atoms with E-state index in [2.05, 4.69) is 31.3 Å². The molecule has 0 amide bonds. The van der Waals surface area contributed by atoms with Gasteiger partial charge in [0.15, 0.2) is 9.84 Å². The molecule has 5 heteroatoms. The molecule has 1 atom stereocenters. The first kappa shape index (κ1) is 14.7. The molecule has 0 bridgehead atoms. The highest BCUT2D eigenvalue weighted by Crippen LogP contribution is 2.21. The summed E-state index contributed by atoms with van der Waals surface area (Å²) in [6.07, 6.45) is 0. The van der Waals surface area contributed by atoms with Crippen molar-refractivity contribution in [3.63, 3.8) is 0 Å². The van der Waals surface area contributed by atoms with Crippen LogP contribution in [0.1, 0.15) is 36.6 Å². The fourth-order valence-electron chi connectivity index (χ4n) is 1.44. The zero-order valence-electron chi connectivity index (χ0n) is 10.9. The maximum atomic E-state index is 11.6. The van der Waals surface area contributed by atoms with Crippen molar-refractivity contribution in [2.75, 3.05) is 12.3 Å². The normalized spacial score (nSPS) is 14.2. The van der Waals surface area contributed by atoms with E-state index in [4.69, 9.17) is 0 Å². The largest absolute Gasteiger partial charge is 0.308 e. The minimum atomic E-state index is -2.93. The van der Waals surface area contributed by atoms with Crippen molar-refractivity contribution in [1.29, 1.82) is 0 Å². The van der Waals surface area contributed by atoms with Crippen LogP contribution in [0.5, 0.6) is 0 Å². The van der Waals surface area contributed by atoms with Gasteiger partial charge in [0.1, 0.15) is 0 Å².